The lowest BCUT2D eigenvalue weighted by Gasteiger charge is -2.18. The van der Waals surface area contributed by atoms with Crippen molar-refractivity contribution >= 4 is 32.6 Å². The van der Waals surface area contributed by atoms with Crippen LogP contribution in [0.3, 0.4) is 0 Å². The molecule has 3 heterocycles. The van der Waals surface area contributed by atoms with E-state index in [9.17, 15) is 0 Å². The fraction of sp³-hybridized carbons (Fsp3) is 0.0845. The van der Waals surface area contributed by atoms with E-state index >= 15 is 0 Å². The van der Waals surface area contributed by atoms with Crippen LogP contribution in [0, 0.1) is 13.8 Å². The summed E-state index contributed by atoms with van der Waals surface area (Å²) >= 11 is 0. The molecule has 13 rings (SSSR count). The number of nitrogens with zero attached hydrogens (tertiary/aromatic N) is 5. The summed E-state index contributed by atoms with van der Waals surface area (Å²) in [5.41, 5.74) is 23.5. The van der Waals surface area contributed by atoms with E-state index in [0.29, 0.717) is 0 Å². The molecule has 0 atom stereocenters. The van der Waals surface area contributed by atoms with Gasteiger partial charge in [0, 0.05) is 45.9 Å². The summed E-state index contributed by atoms with van der Waals surface area (Å²) in [6.07, 6.45) is 9.99. The molecule has 0 unspecified atom stereocenters. The van der Waals surface area contributed by atoms with Crippen molar-refractivity contribution in [1.82, 2.24) is 24.5 Å². The highest BCUT2D eigenvalue weighted by Crippen LogP contribution is 2.41. The van der Waals surface area contributed by atoms with Crippen molar-refractivity contribution in [3.05, 3.63) is 282 Å². The Labute approximate surface area is 444 Å². The Hall–Kier alpha value is -9.45. The molecule has 10 aromatic carbocycles. The normalized spacial score (nSPS) is 11.5. The molecule has 0 aliphatic carbocycles. The van der Waals surface area contributed by atoms with Crippen molar-refractivity contribution in [2.45, 2.75) is 39.5 Å². The van der Waals surface area contributed by atoms with Crippen molar-refractivity contribution in [2.75, 3.05) is 0 Å². The van der Waals surface area contributed by atoms with E-state index < -0.39 is 0 Å². The Morgan fingerprint density at radius 3 is 1.39 bits per heavy atom. The van der Waals surface area contributed by atoms with E-state index in [2.05, 4.69) is 251 Å². The van der Waals surface area contributed by atoms with Crippen LogP contribution in [0.15, 0.2) is 249 Å². The molecule has 0 saturated heterocycles. The third-order valence-electron chi connectivity index (χ3n) is 15.2. The molecule has 364 valence electrons. The maximum atomic E-state index is 5.37. The number of hydrogen-bond donors (Lipinski definition) is 0. The highest BCUT2D eigenvalue weighted by molar-refractivity contribution is 6.06. The van der Waals surface area contributed by atoms with Crippen molar-refractivity contribution in [3.8, 4) is 67.1 Å². The van der Waals surface area contributed by atoms with Gasteiger partial charge >= 0.3 is 0 Å². The third-order valence-corrected chi connectivity index (χ3v) is 15.2. The van der Waals surface area contributed by atoms with Crippen LogP contribution in [-0.2, 0) is 25.7 Å². The zero-order valence-corrected chi connectivity index (χ0v) is 42.7. The Balaban J connectivity index is 0.833. The number of aromatic nitrogens is 5. The van der Waals surface area contributed by atoms with E-state index in [1.54, 1.807) is 0 Å². The molecule has 76 heavy (non-hydrogen) atoms. The summed E-state index contributed by atoms with van der Waals surface area (Å²) in [6, 6.07) is 83.5. The van der Waals surface area contributed by atoms with Crippen LogP contribution in [0.2, 0.25) is 0 Å². The van der Waals surface area contributed by atoms with E-state index in [0.717, 1.165) is 81.1 Å². The van der Waals surface area contributed by atoms with Crippen molar-refractivity contribution in [2.24, 2.45) is 0 Å². The number of aryl methyl sites for hydroxylation is 6. The van der Waals surface area contributed by atoms with E-state index in [1.165, 1.54) is 77.7 Å². The summed E-state index contributed by atoms with van der Waals surface area (Å²) in [4.78, 5) is 5.37. The Morgan fingerprint density at radius 1 is 0.329 bits per heavy atom. The maximum absolute atomic E-state index is 5.37. The summed E-state index contributed by atoms with van der Waals surface area (Å²) in [5.74, 6) is 0. The predicted octanol–water partition coefficient (Wildman–Crippen LogP) is 17.4. The molecule has 5 nitrogen and oxygen atoms in total. The standard InChI is InChI=1S/C71H55N5/c1-48-39-66-67(40-49(48)2)71(58-18-12-17-57(44-58)56-33-31-55(32-34-56)54-13-4-3-5-14-54)72-45-68(66)65-20-9-8-19-64(65)61-42-52(25-23-50-27-35-62(36-28-50)75-46-59-15-6-10-21-69(59)73-75)41-53(43-61)26-24-51-29-37-63(38-30-51)76-47-60-16-7-11-22-70(60)74-76/h3-22,27-47H,23-26H2,1-2H3. The second kappa shape index (κ2) is 20.1. The number of hydrogen-bond acceptors (Lipinski definition) is 3. The molecule has 3 aromatic heterocycles. The topological polar surface area (TPSA) is 48.5 Å². The van der Waals surface area contributed by atoms with Gasteiger partial charge in [-0.1, -0.05) is 182 Å². The SMILES string of the molecule is Cc1cc2c(-c3ccccc3-c3cc(CCc4ccc(-n5cc6ccccc6n5)cc4)cc(CCc4ccc(-n5cc6ccccc6n5)cc4)c3)cnc(-c3cccc(-c4ccc(-c5ccccc5)cc4)c3)c2cc1C. The summed E-state index contributed by atoms with van der Waals surface area (Å²) in [7, 11) is 0. The van der Waals surface area contributed by atoms with Crippen LogP contribution in [0.1, 0.15) is 33.4 Å². The van der Waals surface area contributed by atoms with E-state index in [4.69, 9.17) is 15.2 Å². The van der Waals surface area contributed by atoms with Crippen LogP contribution in [0.5, 0.6) is 0 Å². The molecule has 0 spiro atoms. The molecule has 0 amide bonds. The van der Waals surface area contributed by atoms with Crippen LogP contribution < -0.4 is 0 Å². The van der Waals surface area contributed by atoms with Gasteiger partial charge < -0.3 is 0 Å². The average Bonchev–Trinajstić information content (AvgIpc) is 4.13. The minimum atomic E-state index is 0.912. The molecular formula is C71H55N5. The molecule has 0 bridgehead atoms. The van der Waals surface area contributed by atoms with Gasteiger partial charge in [-0.3, -0.25) is 4.98 Å². The largest absolute Gasteiger partial charge is 0.255 e. The summed E-state index contributed by atoms with van der Waals surface area (Å²) in [5, 5.41) is 14.3. The van der Waals surface area contributed by atoms with Crippen molar-refractivity contribution < 1.29 is 0 Å². The number of fused-ring (bicyclic) bond motifs is 3. The minimum Gasteiger partial charge on any atom is -0.255 e. The first-order valence-corrected chi connectivity index (χ1v) is 26.4. The quantitative estimate of drug-likeness (QED) is 0.116. The highest BCUT2D eigenvalue weighted by atomic mass is 15.3. The molecule has 0 aliphatic heterocycles. The van der Waals surface area contributed by atoms with Crippen LogP contribution in [0.25, 0.3) is 99.7 Å². The fourth-order valence-corrected chi connectivity index (χ4v) is 10.9. The van der Waals surface area contributed by atoms with Gasteiger partial charge in [-0.05, 0) is 166 Å². The zero-order valence-electron chi connectivity index (χ0n) is 42.7. The van der Waals surface area contributed by atoms with Gasteiger partial charge in [0.2, 0.25) is 0 Å². The molecule has 0 radical (unpaired) electrons. The van der Waals surface area contributed by atoms with Crippen molar-refractivity contribution in [1.29, 1.82) is 0 Å². The molecule has 0 fully saturated rings. The van der Waals surface area contributed by atoms with Gasteiger partial charge in [0.15, 0.2) is 0 Å². The average molecular weight is 978 g/mol. The van der Waals surface area contributed by atoms with Crippen LogP contribution >= 0.6 is 0 Å². The minimum absolute atomic E-state index is 0.912. The monoisotopic (exact) mass is 977 g/mol. The second-order valence-electron chi connectivity index (χ2n) is 20.2. The molecule has 13 aromatic rings. The molecule has 0 N–H and O–H groups in total. The van der Waals surface area contributed by atoms with Crippen LogP contribution in [-0.4, -0.2) is 24.5 Å². The lowest BCUT2D eigenvalue weighted by Crippen LogP contribution is -1.99. The molecule has 5 heteroatoms. The van der Waals surface area contributed by atoms with E-state index in [-0.39, 0.29) is 0 Å². The van der Waals surface area contributed by atoms with Gasteiger partial charge in [0.25, 0.3) is 0 Å². The van der Waals surface area contributed by atoms with E-state index in [1.807, 2.05) is 21.5 Å². The zero-order chi connectivity index (χ0) is 51.0. The number of rotatable bonds is 13. The first-order valence-electron chi connectivity index (χ1n) is 26.4. The second-order valence-corrected chi connectivity index (χ2v) is 20.2. The molecular weight excluding hydrogens is 923 g/mol. The lowest BCUT2D eigenvalue weighted by molar-refractivity contribution is 0.889. The summed E-state index contributed by atoms with van der Waals surface area (Å²) in [6.45, 7) is 4.43. The summed E-state index contributed by atoms with van der Waals surface area (Å²) < 4.78 is 3.96. The Bertz CT molecular complexity index is 4020. The smallest absolute Gasteiger partial charge is 0.0927 e. The lowest BCUT2D eigenvalue weighted by atomic mass is 9.88. The number of pyridine rings is 1. The molecule has 0 saturated carbocycles. The third kappa shape index (κ3) is 9.40. The maximum Gasteiger partial charge on any atom is 0.0927 e. The van der Waals surface area contributed by atoms with Gasteiger partial charge in [0.05, 0.1) is 28.1 Å². The van der Waals surface area contributed by atoms with Gasteiger partial charge in [-0.2, -0.15) is 10.2 Å². The van der Waals surface area contributed by atoms with Crippen LogP contribution in [0.4, 0.5) is 0 Å². The van der Waals surface area contributed by atoms with Gasteiger partial charge in [0.1, 0.15) is 0 Å². The first-order chi connectivity index (χ1) is 37.4. The fourth-order valence-electron chi connectivity index (χ4n) is 10.9. The van der Waals surface area contributed by atoms with Crippen molar-refractivity contribution in [3.63, 3.8) is 0 Å². The Morgan fingerprint density at radius 2 is 0.803 bits per heavy atom. The predicted molar refractivity (Wildman–Crippen MR) is 315 cm³/mol. The first kappa shape index (κ1) is 46.3. The molecule has 0 aliphatic rings. The Kier molecular flexibility index (Phi) is 12.3. The number of benzene rings is 10. The van der Waals surface area contributed by atoms with Gasteiger partial charge in [-0.15, -0.1) is 0 Å². The van der Waals surface area contributed by atoms with Gasteiger partial charge in [-0.25, -0.2) is 9.36 Å². The highest BCUT2D eigenvalue weighted by Gasteiger charge is 2.18.